The van der Waals surface area contributed by atoms with Gasteiger partial charge in [0.05, 0.1) is 24.4 Å². The third-order valence-electron chi connectivity index (χ3n) is 3.81. The topological polar surface area (TPSA) is 29.5 Å². The molecule has 1 N–H and O–H groups in total. The van der Waals surface area contributed by atoms with E-state index >= 15 is 0 Å². The van der Waals surface area contributed by atoms with Gasteiger partial charge in [0, 0.05) is 0 Å². The number of rotatable bonds is 1. The van der Waals surface area contributed by atoms with Gasteiger partial charge in [-0.3, -0.25) is 0 Å². The summed E-state index contributed by atoms with van der Waals surface area (Å²) in [7, 11) is 0. The molecule has 1 fully saturated rings. The minimum atomic E-state index is -4.13. The van der Waals surface area contributed by atoms with Gasteiger partial charge in [0.25, 0.3) is 0 Å². The fourth-order valence-electron chi connectivity index (χ4n) is 2.65. The van der Waals surface area contributed by atoms with Crippen LogP contribution in [0.4, 0.5) is 13.2 Å². The molecule has 0 bridgehead atoms. The van der Waals surface area contributed by atoms with Crippen LogP contribution in [0.3, 0.4) is 0 Å². The minimum absolute atomic E-state index is 0.0112. The molecule has 0 spiro atoms. The molecular formula is C12H17F3O2. The fourth-order valence-corrected chi connectivity index (χ4v) is 2.65. The second-order valence-corrected chi connectivity index (χ2v) is 4.96. The summed E-state index contributed by atoms with van der Waals surface area (Å²) in [5, 5.41) is 10.4. The SMILES string of the molecule is OC1(C2=COCCC2)CCC(C(F)(F)F)CC1. The van der Waals surface area contributed by atoms with Gasteiger partial charge in [0.2, 0.25) is 0 Å². The van der Waals surface area contributed by atoms with Crippen LogP contribution in [0.25, 0.3) is 0 Å². The maximum atomic E-state index is 12.5. The summed E-state index contributed by atoms with van der Waals surface area (Å²) in [4.78, 5) is 0. The van der Waals surface area contributed by atoms with Crippen molar-refractivity contribution in [2.24, 2.45) is 5.92 Å². The summed E-state index contributed by atoms with van der Waals surface area (Å²) in [5.74, 6) is -1.26. The molecule has 0 aromatic rings. The first-order chi connectivity index (χ1) is 7.92. The van der Waals surface area contributed by atoms with Gasteiger partial charge in [-0.15, -0.1) is 0 Å². The van der Waals surface area contributed by atoms with Crippen LogP contribution in [0.15, 0.2) is 11.8 Å². The highest BCUT2D eigenvalue weighted by Crippen LogP contribution is 2.44. The summed E-state index contributed by atoms with van der Waals surface area (Å²) in [6.45, 7) is 0.630. The van der Waals surface area contributed by atoms with Crippen LogP contribution in [-0.2, 0) is 4.74 Å². The van der Waals surface area contributed by atoms with Crippen LogP contribution in [0.2, 0.25) is 0 Å². The zero-order chi connectivity index (χ0) is 12.5. The molecule has 0 unspecified atom stereocenters. The Labute approximate surface area is 98.5 Å². The lowest BCUT2D eigenvalue weighted by molar-refractivity contribution is -0.190. The quantitative estimate of drug-likeness (QED) is 0.774. The van der Waals surface area contributed by atoms with Crippen LogP contribution in [0, 0.1) is 5.92 Å². The zero-order valence-corrected chi connectivity index (χ0v) is 9.59. The van der Waals surface area contributed by atoms with Gasteiger partial charge >= 0.3 is 6.18 Å². The van der Waals surface area contributed by atoms with E-state index in [4.69, 9.17) is 4.74 Å². The van der Waals surface area contributed by atoms with E-state index in [1.165, 1.54) is 6.26 Å². The average Bonchev–Trinajstić information content (AvgIpc) is 2.29. The van der Waals surface area contributed by atoms with Gasteiger partial charge < -0.3 is 9.84 Å². The molecule has 0 saturated heterocycles. The van der Waals surface area contributed by atoms with Crippen molar-refractivity contribution in [1.82, 2.24) is 0 Å². The fraction of sp³-hybridized carbons (Fsp3) is 0.833. The molecular weight excluding hydrogens is 233 g/mol. The molecule has 17 heavy (non-hydrogen) atoms. The van der Waals surface area contributed by atoms with E-state index in [0.717, 1.165) is 18.4 Å². The Morgan fingerprint density at radius 3 is 2.41 bits per heavy atom. The molecule has 2 nitrogen and oxygen atoms in total. The van der Waals surface area contributed by atoms with E-state index in [1.807, 2.05) is 0 Å². The van der Waals surface area contributed by atoms with Gasteiger partial charge in [-0.05, 0) is 44.1 Å². The zero-order valence-electron chi connectivity index (χ0n) is 9.59. The van der Waals surface area contributed by atoms with E-state index in [-0.39, 0.29) is 25.7 Å². The molecule has 1 aliphatic heterocycles. The average molecular weight is 250 g/mol. The van der Waals surface area contributed by atoms with Crippen LogP contribution >= 0.6 is 0 Å². The number of aliphatic hydroxyl groups is 1. The van der Waals surface area contributed by atoms with Gasteiger partial charge in [0.15, 0.2) is 0 Å². The summed E-state index contributed by atoms with van der Waals surface area (Å²) in [5.41, 5.74) is -0.299. The molecule has 0 amide bonds. The Morgan fingerprint density at radius 1 is 1.29 bits per heavy atom. The monoisotopic (exact) mass is 250 g/mol. The van der Waals surface area contributed by atoms with Crippen LogP contribution in [0.5, 0.6) is 0 Å². The number of alkyl halides is 3. The van der Waals surface area contributed by atoms with Gasteiger partial charge in [-0.2, -0.15) is 13.2 Å². The Kier molecular flexibility index (Phi) is 3.39. The smallest absolute Gasteiger partial charge is 0.391 e. The number of halogens is 3. The van der Waals surface area contributed by atoms with Crippen molar-refractivity contribution < 1.29 is 23.0 Å². The molecule has 1 aliphatic carbocycles. The van der Waals surface area contributed by atoms with E-state index in [9.17, 15) is 18.3 Å². The summed E-state index contributed by atoms with van der Waals surface area (Å²) < 4.78 is 42.7. The third-order valence-corrected chi connectivity index (χ3v) is 3.81. The largest absolute Gasteiger partial charge is 0.501 e. The highest BCUT2D eigenvalue weighted by atomic mass is 19.4. The Balaban J connectivity index is 1.99. The molecule has 98 valence electrons. The molecule has 2 rings (SSSR count). The number of ether oxygens (including phenoxy) is 1. The predicted octanol–water partition coefficient (Wildman–Crippen LogP) is 3.16. The van der Waals surface area contributed by atoms with Crippen molar-refractivity contribution in [2.45, 2.75) is 50.3 Å². The third kappa shape index (κ3) is 2.76. The maximum Gasteiger partial charge on any atom is 0.391 e. The molecule has 0 atom stereocenters. The van der Waals surface area contributed by atoms with Crippen LogP contribution < -0.4 is 0 Å². The first-order valence-electron chi connectivity index (χ1n) is 6.02. The van der Waals surface area contributed by atoms with E-state index in [2.05, 4.69) is 0 Å². The molecule has 0 aromatic heterocycles. The standard InChI is InChI=1S/C12H17F3O2/c13-12(14,15)9-3-5-11(16,6-4-9)10-2-1-7-17-8-10/h8-9,16H,1-7H2. The van der Waals surface area contributed by atoms with Gasteiger partial charge in [0.1, 0.15) is 0 Å². The van der Waals surface area contributed by atoms with Crippen molar-refractivity contribution >= 4 is 0 Å². The van der Waals surface area contributed by atoms with E-state index < -0.39 is 17.7 Å². The van der Waals surface area contributed by atoms with Gasteiger partial charge in [-0.25, -0.2) is 0 Å². The van der Waals surface area contributed by atoms with Crippen molar-refractivity contribution in [3.8, 4) is 0 Å². The maximum absolute atomic E-state index is 12.5. The molecule has 0 aromatic carbocycles. The van der Waals surface area contributed by atoms with Crippen molar-refractivity contribution in [2.75, 3.05) is 6.61 Å². The lowest BCUT2D eigenvalue weighted by Crippen LogP contribution is -2.40. The highest BCUT2D eigenvalue weighted by Gasteiger charge is 2.46. The summed E-state index contributed by atoms with van der Waals surface area (Å²) in [6, 6.07) is 0. The number of hydrogen-bond donors (Lipinski definition) is 1. The Morgan fingerprint density at radius 2 is 1.94 bits per heavy atom. The Hall–Kier alpha value is -0.710. The minimum Gasteiger partial charge on any atom is -0.501 e. The molecule has 2 aliphatic rings. The predicted molar refractivity (Wildman–Crippen MR) is 56.2 cm³/mol. The lowest BCUT2D eigenvalue weighted by atomic mass is 9.73. The molecule has 1 heterocycles. The van der Waals surface area contributed by atoms with Crippen LogP contribution in [0.1, 0.15) is 38.5 Å². The van der Waals surface area contributed by atoms with E-state index in [0.29, 0.717) is 6.61 Å². The molecule has 5 heteroatoms. The first-order valence-corrected chi connectivity index (χ1v) is 6.02. The first kappa shape index (κ1) is 12.7. The van der Waals surface area contributed by atoms with Crippen molar-refractivity contribution in [1.29, 1.82) is 0 Å². The molecule has 1 saturated carbocycles. The van der Waals surface area contributed by atoms with Crippen molar-refractivity contribution in [3.63, 3.8) is 0 Å². The normalized spacial score (nSPS) is 35.1. The number of hydrogen-bond acceptors (Lipinski definition) is 2. The lowest BCUT2D eigenvalue weighted by Gasteiger charge is -2.39. The summed E-state index contributed by atoms with van der Waals surface area (Å²) in [6.07, 6.45) is -0.631. The molecule has 0 radical (unpaired) electrons. The van der Waals surface area contributed by atoms with Crippen molar-refractivity contribution in [3.05, 3.63) is 11.8 Å². The Bertz CT molecular complexity index is 301. The van der Waals surface area contributed by atoms with Gasteiger partial charge in [-0.1, -0.05) is 0 Å². The van der Waals surface area contributed by atoms with Crippen LogP contribution in [-0.4, -0.2) is 23.5 Å². The second kappa shape index (κ2) is 4.52. The highest BCUT2D eigenvalue weighted by molar-refractivity contribution is 5.17. The summed E-state index contributed by atoms with van der Waals surface area (Å²) >= 11 is 0. The van der Waals surface area contributed by atoms with E-state index in [1.54, 1.807) is 0 Å². The second-order valence-electron chi connectivity index (χ2n) is 4.96.